The van der Waals surface area contributed by atoms with Crippen LogP contribution in [0.4, 0.5) is 5.69 Å². The zero-order valence-corrected chi connectivity index (χ0v) is 16.9. The van der Waals surface area contributed by atoms with E-state index in [1.165, 1.54) is 19.5 Å². The van der Waals surface area contributed by atoms with Crippen LogP contribution in [0.2, 0.25) is 0 Å². The summed E-state index contributed by atoms with van der Waals surface area (Å²) in [7, 11) is 0. The minimum atomic E-state index is -1.26. The van der Waals surface area contributed by atoms with E-state index in [0.29, 0.717) is 5.57 Å². The summed E-state index contributed by atoms with van der Waals surface area (Å²) in [6.07, 6.45) is 1.89. The molecule has 1 saturated heterocycles. The maximum atomic E-state index is 12.9. The second kappa shape index (κ2) is 7.22. The zero-order chi connectivity index (χ0) is 20.8. The quantitative estimate of drug-likeness (QED) is 0.783. The number of carbonyl (C=O) groups is 2. The number of allylic oxidation sites excluding steroid dienone is 1. The van der Waals surface area contributed by atoms with Gasteiger partial charge in [-0.15, -0.1) is 0 Å². The van der Waals surface area contributed by atoms with Crippen LogP contribution < -0.4 is 4.90 Å². The van der Waals surface area contributed by atoms with Crippen LogP contribution in [0.1, 0.15) is 20.8 Å². The number of aliphatic hydroxyl groups is 1. The number of rotatable bonds is 3. The number of Topliss-reactive ketones (excluding diaryl/α,β-unsaturated/α-hetero) is 1. The van der Waals surface area contributed by atoms with E-state index in [9.17, 15) is 14.7 Å². The molecule has 0 spiro atoms. The number of nitrogens with zero attached hydrogens (tertiary/aromatic N) is 2. The minimum absolute atomic E-state index is 0.0853. The highest BCUT2D eigenvalue weighted by Crippen LogP contribution is 2.38. The molecule has 0 saturated carbocycles. The Labute approximate surface area is 170 Å². The number of para-hydroxylation sites is 1. The predicted octanol–water partition coefficient (Wildman–Crippen LogP) is 2.40. The Kier molecular flexibility index (Phi) is 4.86. The SMILES string of the molecule is CC1=CC(N2CCN(c3ccccc3)CC2)C(C2=C(O)OC(C)(C)OC2=O)C1=O. The van der Waals surface area contributed by atoms with Crippen molar-refractivity contribution in [3.63, 3.8) is 0 Å². The lowest BCUT2D eigenvalue weighted by atomic mass is 9.89. The first-order valence-corrected chi connectivity index (χ1v) is 9.89. The summed E-state index contributed by atoms with van der Waals surface area (Å²) in [5, 5.41) is 10.4. The van der Waals surface area contributed by atoms with Crippen molar-refractivity contribution in [3.05, 3.63) is 53.5 Å². The van der Waals surface area contributed by atoms with Gasteiger partial charge in [0.05, 0.1) is 5.92 Å². The topological polar surface area (TPSA) is 79.3 Å². The molecule has 1 aliphatic carbocycles. The van der Waals surface area contributed by atoms with Crippen LogP contribution in [0.15, 0.2) is 53.5 Å². The maximum Gasteiger partial charge on any atom is 0.345 e. The average Bonchev–Trinajstić information content (AvgIpc) is 2.96. The normalized spacial score (nSPS) is 27.6. The Bertz CT molecular complexity index is 882. The van der Waals surface area contributed by atoms with Crippen molar-refractivity contribution >= 4 is 17.4 Å². The van der Waals surface area contributed by atoms with E-state index in [-0.39, 0.29) is 17.4 Å². The third-order valence-corrected chi connectivity index (χ3v) is 5.73. The predicted molar refractivity (Wildman–Crippen MR) is 107 cm³/mol. The van der Waals surface area contributed by atoms with Crippen molar-refractivity contribution in [2.75, 3.05) is 31.1 Å². The number of hydrogen-bond acceptors (Lipinski definition) is 7. The lowest BCUT2D eigenvalue weighted by molar-refractivity contribution is -0.223. The Hall–Kier alpha value is -2.80. The van der Waals surface area contributed by atoms with Crippen molar-refractivity contribution in [2.24, 2.45) is 5.92 Å². The highest BCUT2D eigenvalue weighted by Gasteiger charge is 2.49. The summed E-state index contributed by atoms with van der Waals surface area (Å²) in [5.41, 5.74) is 1.67. The maximum absolute atomic E-state index is 12.9. The van der Waals surface area contributed by atoms with Gasteiger partial charge in [-0.3, -0.25) is 9.69 Å². The summed E-state index contributed by atoms with van der Waals surface area (Å²) in [4.78, 5) is 30.0. The van der Waals surface area contributed by atoms with Gasteiger partial charge in [0.15, 0.2) is 5.78 Å². The molecule has 2 heterocycles. The Morgan fingerprint density at radius 3 is 2.31 bits per heavy atom. The Balaban J connectivity index is 1.55. The molecule has 7 nitrogen and oxygen atoms in total. The molecule has 1 fully saturated rings. The molecule has 7 heteroatoms. The van der Waals surface area contributed by atoms with Gasteiger partial charge in [0.2, 0.25) is 0 Å². The van der Waals surface area contributed by atoms with Crippen molar-refractivity contribution in [3.8, 4) is 0 Å². The van der Waals surface area contributed by atoms with Crippen LogP contribution in [0.25, 0.3) is 0 Å². The molecule has 4 rings (SSSR count). The van der Waals surface area contributed by atoms with Crippen LogP contribution in [0.3, 0.4) is 0 Å². The Morgan fingerprint density at radius 1 is 1.03 bits per heavy atom. The van der Waals surface area contributed by atoms with Gasteiger partial charge in [0.25, 0.3) is 11.7 Å². The van der Waals surface area contributed by atoms with Crippen molar-refractivity contribution < 1.29 is 24.2 Å². The van der Waals surface area contributed by atoms with Gasteiger partial charge in [0, 0.05) is 51.8 Å². The molecule has 0 radical (unpaired) electrons. The molecular formula is C22H26N2O5. The van der Waals surface area contributed by atoms with Crippen LogP contribution in [-0.4, -0.2) is 59.8 Å². The van der Waals surface area contributed by atoms with E-state index < -0.39 is 23.6 Å². The number of ketones is 1. The number of esters is 1. The number of anilines is 1. The molecular weight excluding hydrogens is 372 g/mol. The first-order chi connectivity index (χ1) is 13.8. The van der Waals surface area contributed by atoms with Crippen LogP contribution in [0, 0.1) is 5.92 Å². The molecule has 1 aromatic carbocycles. The first-order valence-electron chi connectivity index (χ1n) is 9.89. The second-order valence-corrected chi connectivity index (χ2v) is 8.15. The van der Waals surface area contributed by atoms with Gasteiger partial charge in [-0.2, -0.15) is 0 Å². The van der Waals surface area contributed by atoms with E-state index in [4.69, 9.17) is 9.47 Å². The van der Waals surface area contributed by atoms with E-state index >= 15 is 0 Å². The van der Waals surface area contributed by atoms with Crippen LogP contribution >= 0.6 is 0 Å². The van der Waals surface area contributed by atoms with Crippen molar-refractivity contribution in [2.45, 2.75) is 32.6 Å². The third-order valence-electron chi connectivity index (χ3n) is 5.73. The van der Waals surface area contributed by atoms with Crippen molar-refractivity contribution in [1.29, 1.82) is 0 Å². The van der Waals surface area contributed by atoms with Crippen molar-refractivity contribution in [1.82, 2.24) is 4.90 Å². The molecule has 0 aromatic heterocycles. The molecule has 1 aromatic rings. The number of cyclic esters (lactones) is 1. The lowest BCUT2D eigenvalue weighted by Gasteiger charge is -2.41. The molecule has 1 N–H and O–H groups in total. The largest absolute Gasteiger partial charge is 0.480 e. The molecule has 2 aliphatic heterocycles. The fourth-order valence-electron chi connectivity index (χ4n) is 4.30. The average molecular weight is 398 g/mol. The number of ether oxygens (including phenoxy) is 2. The number of hydrogen-bond donors (Lipinski definition) is 1. The fraction of sp³-hybridized carbons (Fsp3) is 0.455. The second-order valence-electron chi connectivity index (χ2n) is 8.15. The number of benzene rings is 1. The highest BCUT2D eigenvalue weighted by molar-refractivity contribution is 6.07. The number of carbonyl (C=O) groups excluding carboxylic acids is 2. The third kappa shape index (κ3) is 3.62. The summed E-state index contributed by atoms with van der Waals surface area (Å²) < 4.78 is 10.6. The van der Waals surface area contributed by atoms with Gasteiger partial charge in [0.1, 0.15) is 5.57 Å². The van der Waals surface area contributed by atoms with Gasteiger partial charge < -0.3 is 19.5 Å². The van der Waals surface area contributed by atoms with Gasteiger partial charge in [-0.25, -0.2) is 4.79 Å². The van der Waals surface area contributed by atoms with Gasteiger partial charge >= 0.3 is 5.97 Å². The van der Waals surface area contributed by atoms with E-state index in [0.717, 1.165) is 26.2 Å². The van der Waals surface area contributed by atoms with E-state index in [1.807, 2.05) is 24.3 Å². The number of aliphatic hydroxyl groups excluding tert-OH is 1. The highest BCUT2D eigenvalue weighted by atomic mass is 16.8. The molecule has 2 atom stereocenters. The molecule has 2 unspecified atom stereocenters. The standard InChI is InChI=1S/C22H26N2O5/c1-14-13-16(24-11-9-23(10-12-24)15-7-5-4-6-8-15)17(19(14)25)18-20(26)28-22(2,3)29-21(18)27/h4-8,13,16-17,26H,9-12H2,1-3H3. The molecule has 154 valence electrons. The molecule has 0 amide bonds. The molecule has 29 heavy (non-hydrogen) atoms. The van der Waals surface area contributed by atoms with Crippen LogP contribution in [-0.2, 0) is 19.1 Å². The fourth-order valence-corrected chi connectivity index (χ4v) is 4.30. The summed E-state index contributed by atoms with van der Waals surface area (Å²) in [6, 6.07) is 9.89. The molecule has 3 aliphatic rings. The summed E-state index contributed by atoms with van der Waals surface area (Å²) in [5.74, 6) is -3.47. The lowest BCUT2D eigenvalue weighted by Crippen LogP contribution is -2.53. The van der Waals surface area contributed by atoms with Crippen LogP contribution in [0.5, 0.6) is 0 Å². The van der Waals surface area contributed by atoms with Gasteiger partial charge in [-0.05, 0) is 24.6 Å². The first kappa shape index (κ1) is 19.5. The smallest absolute Gasteiger partial charge is 0.345 e. The molecule has 0 bridgehead atoms. The monoisotopic (exact) mass is 398 g/mol. The Morgan fingerprint density at radius 2 is 1.69 bits per heavy atom. The summed E-state index contributed by atoms with van der Waals surface area (Å²) >= 11 is 0. The number of piperazine rings is 1. The van der Waals surface area contributed by atoms with E-state index in [2.05, 4.69) is 21.9 Å². The minimum Gasteiger partial charge on any atom is -0.480 e. The summed E-state index contributed by atoms with van der Waals surface area (Å²) in [6.45, 7) is 7.92. The zero-order valence-electron chi connectivity index (χ0n) is 16.9. The van der Waals surface area contributed by atoms with Gasteiger partial charge in [-0.1, -0.05) is 24.3 Å². The van der Waals surface area contributed by atoms with E-state index in [1.54, 1.807) is 6.92 Å².